The summed E-state index contributed by atoms with van der Waals surface area (Å²) in [6.07, 6.45) is 6.09. The molecule has 1 aromatic heterocycles. The summed E-state index contributed by atoms with van der Waals surface area (Å²) in [6, 6.07) is 11.6. The minimum Gasteiger partial charge on any atom is -0.488 e. The van der Waals surface area contributed by atoms with Crippen LogP contribution in [0.1, 0.15) is 18.4 Å². The van der Waals surface area contributed by atoms with Crippen LogP contribution in [0.25, 0.3) is 0 Å². The Bertz CT molecular complexity index is 809. The van der Waals surface area contributed by atoms with Crippen LogP contribution in [0.2, 0.25) is 0 Å². The molecule has 7 heteroatoms. The Morgan fingerprint density at radius 3 is 2.37 bits per heavy atom. The Labute approximate surface area is 178 Å². The van der Waals surface area contributed by atoms with Crippen molar-refractivity contribution < 1.29 is 9.84 Å². The third-order valence-electron chi connectivity index (χ3n) is 6.79. The summed E-state index contributed by atoms with van der Waals surface area (Å²) in [4.78, 5) is 16.4. The van der Waals surface area contributed by atoms with Gasteiger partial charge in [0.1, 0.15) is 6.61 Å². The lowest BCUT2D eigenvalue weighted by Gasteiger charge is -2.62. The monoisotopic (exact) mass is 409 g/mol. The lowest BCUT2D eigenvalue weighted by molar-refractivity contribution is -0.113. The second-order valence-electron chi connectivity index (χ2n) is 9.01. The SMILES string of the molecule is OCCOc1cnc(N2CCN(C3CC4(C3)CN(Cc3ccccc3)C4)CC2)nc1. The molecule has 0 atom stereocenters. The van der Waals surface area contributed by atoms with Crippen LogP contribution in [-0.2, 0) is 6.54 Å². The van der Waals surface area contributed by atoms with Crippen LogP contribution in [-0.4, -0.2) is 83.4 Å². The van der Waals surface area contributed by atoms with Gasteiger partial charge in [-0.2, -0.15) is 0 Å². The smallest absolute Gasteiger partial charge is 0.225 e. The Morgan fingerprint density at radius 1 is 1.00 bits per heavy atom. The van der Waals surface area contributed by atoms with E-state index in [1.807, 2.05) is 0 Å². The van der Waals surface area contributed by atoms with Gasteiger partial charge in [0.25, 0.3) is 0 Å². The third kappa shape index (κ3) is 4.15. The fourth-order valence-corrected chi connectivity index (χ4v) is 5.31. The Kier molecular flexibility index (Phi) is 5.58. The van der Waals surface area contributed by atoms with Crippen LogP contribution in [0.15, 0.2) is 42.7 Å². The normalized spacial score (nSPS) is 22.0. The van der Waals surface area contributed by atoms with Gasteiger partial charge in [-0.15, -0.1) is 0 Å². The fourth-order valence-electron chi connectivity index (χ4n) is 5.31. The lowest BCUT2D eigenvalue weighted by atomic mass is 9.60. The molecule has 1 aliphatic carbocycles. The molecule has 1 aromatic carbocycles. The van der Waals surface area contributed by atoms with Gasteiger partial charge in [0.05, 0.1) is 19.0 Å². The molecule has 0 amide bonds. The third-order valence-corrected chi connectivity index (χ3v) is 6.79. The van der Waals surface area contributed by atoms with Crippen LogP contribution in [0.3, 0.4) is 0 Å². The summed E-state index contributed by atoms with van der Waals surface area (Å²) in [7, 11) is 0. The van der Waals surface area contributed by atoms with Gasteiger partial charge in [-0.3, -0.25) is 9.80 Å². The first-order chi connectivity index (χ1) is 14.7. The molecule has 0 bridgehead atoms. The van der Waals surface area contributed by atoms with Gasteiger partial charge in [-0.25, -0.2) is 9.97 Å². The van der Waals surface area contributed by atoms with Gasteiger partial charge < -0.3 is 14.7 Å². The molecule has 0 unspecified atom stereocenters. The molecule has 2 aromatic rings. The molecular formula is C23H31N5O2. The topological polar surface area (TPSA) is 65.0 Å². The number of ether oxygens (including phenoxy) is 1. The minimum absolute atomic E-state index is 0.00276. The molecule has 160 valence electrons. The lowest BCUT2D eigenvalue weighted by Crippen LogP contribution is -2.67. The van der Waals surface area contributed by atoms with E-state index in [4.69, 9.17) is 9.84 Å². The van der Waals surface area contributed by atoms with E-state index in [1.54, 1.807) is 12.4 Å². The maximum atomic E-state index is 8.82. The molecular weight excluding hydrogens is 378 g/mol. The molecule has 30 heavy (non-hydrogen) atoms. The number of anilines is 1. The number of aliphatic hydroxyl groups is 1. The number of hydrogen-bond donors (Lipinski definition) is 1. The van der Waals surface area contributed by atoms with E-state index in [0.29, 0.717) is 11.2 Å². The number of likely N-dealkylation sites (tertiary alicyclic amines) is 1. The van der Waals surface area contributed by atoms with Crippen molar-refractivity contribution in [1.29, 1.82) is 0 Å². The van der Waals surface area contributed by atoms with E-state index in [0.717, 1.165) is 44.7 Å². The van der Waals surface area contributed by atoms with E-state index in [1.165, 1.54) is 31.5 Å². The number of benzene rings is 1. The molecule has 7 nitrogen and oxygen atoms in total. The molecule has 0 radical (unpaired) electrons. The number of aliphatic hydroxyl groups excluding tert-OH is 1. The quantitative estimate of drug-likeness (QED) is 0.746. The van der Waals surface area contributed by atoms with E-state index in [-0.39, 0.29) is 13.2 Å². The zero-order valence-electron chi connectivity index (χ0n) is 17.5. The van der Waals surface area contributed by atoms with E-state index in [9.17, 15) is 0 Å². The summed E-state index contributed by atoms with van der Waals surface area (Å²) in [5, 5.41) is 8.82. The van der Waals surface area contributed by atoms with Crippen molar-refractivity contribution in [2.24, 2.45) is 5.41 Å². The minimum atomic E-state index is -0.00276. The molecule has 3 heterocycles. The first-order valence-electron chi connectivity index (χ1n) is 11.0. The van der Waals surface area contributed by atoms with Crippen LogP contribution >= 0.6 is 0 Å². The summed E-state index contributed by atoms with van der Waals surface area (Å²) < 4.78 is 5.34. The second-order valence-corrected chi connectivity index (χ2v) is 9.01. The Balaban J connectivity index is 1.04. The van der Waals surface area contributed by atoms with Gasteiger partial charge in [-0.1, -0.05) is 30.3 Å². The number of aromatic nitrogens is 2. The molecule has 3 aliphatic rings. The fraction of sp³-hybridized carbons (Fsp3) is 0.565. The van der Waals surface area contributed by atoms with Crippen molar-refractivity contribution >= 4 is 5.95 Å². The molecule has 2 aliphatic heterocycles. The van der Waals surface area contributed by atoms with Crippen molar-refractivity contribution in [3.63, 3.8) is 0 Å². The predicted molar refractivity (Wildman–Crippen MR) is 116 cm³/mol. The van der Waals surface area contributed by atoms with E-state index in [2.05, 4.69) is 55.0 Å². The number of rotatable bonds is 7. The van der Waals surface area contributed by atoms with Crippen molar-refractivity contribution in [3.05, 3.63) is 48.3 Å². The highest BCUT2D eigenvalue weighted by Crippen LogP contribution is 2.50. The van der Waals surface area contributed by atoms with E-state index < -0.39 is 0 Å². The van der Waals surface area contributed by atoms with Crippen molar-refractivity contribution in [2.75, 3.05) is 57.4 Å². The zero-order chi connectivity index (χ0) is 20.4. The first-order valence-corrected chi connectivity index (χ1v) is 11.0. The van der Waals surface area contributed by atoms with Gasteiger partial charge in [0, 0.05) is 51.9 Å². The summed E-state index contributed by atoms with van der Waals surface area (Å²) in [5.41, 5.74) is 2.01. The molecule has 2 saturated heterocycles. The van der Waals surface area contributed by atoms with Crippen LogP contribution in [0, 0.1) is 5.41 Å². The van der Waals surface area contributed by atoms with Gasteiger partial charge in [0.15, 0.2) is 5.75 Å². The average molecular weight is 410 g/mol. The summed E-state index contributed by atoms with van der Waals surface area (Å²) >= 11 is 0. The molecule has 3 fully saturated rings. The number of nitrogens with zero attached hydrogens (tertiary/aromatic N) is 5. The highest BCUT2D eigenvalue weighted by Gasteiger charge is 2.53. The predicted octanol–water partition coefficient (Wildman–Crippen LogP) is 1.63. The first kappa shape index (κ1) is 19.7. The highest BCUT2D eigenvalue weighted by atomic mass is 16.5. The van der Waals surface area contributed by atoms with Gasteiger partial charge in [-0.05, 0) is 23.8 Å². The average Bonchev–Trinajstić information content (AvgIpc) is 2.74. The molecule has 1 saturated carbocycles. The zero-order valence-corrected chi connectivity index (χ0v) is 17.5. The van der Waals surface area contributed by atoms with E-state index >= 15 is 0 Å². The Morgan fingerprint density at radius 2 is 1.70 bits per heavy atom. The van der Waals surface area contributed by atoms with Crippen LogP contribution in [0.4, 0.5) is 5.95 Å². The molecule has 5 rings (SSSR count). The van der Waals surface area contributed by atoms with Crippen molar-refractivity contribution in [1.82, 2.24) is 19.8 Å². The maximum absolute atomic E-state index is 8.82. The molecule has 1 N–H and O–H groups in total. The van der Waals surface area contributed by atoms with Gasteiger partial charge >= 0.3 is 0 Å². The standard InChI is InChI=1S/C23H31N5O2/c29-10-11-30-21-14-24-22(25-15-21)28-8-6-27(7-9-28)20-12-23(13-20)17-26(18-23)16-19-4-2-1-3-5-19/h1-5,14-15,20,29H,6-13,16-18H2. The maximum Gasteiger partial charge on any atom is 0.225 e. The Hall–Kier alpha value is -2.22. The largest absolute Gasteiger partial charge is 0.488 e. The summed E-state index contributed by atoms with van der Waals surface area (Å²) in [6.45, 7) is 8.00. The molecule has 1 spiro atoms. The number of piperazine rings is 1. The van der Waals surface area contributed by atoms with Gasteiger partial charge in [0.2, 0.25) is 5.95 Å². The van der Waals surface area contributed by atoms with Crippen LogP contribution in [0.5, 0.6) is 5.75 Å². The summed E-state index contributed by atoms with van der Waals surface area (Å²) in [5.74, 6) is 1.37. The van der Waals surface area contributed by atoms with Crippen molar-refractivity contribution in [2.45, 2.75) is 25.4 Å². The van der Waals surface area contributed by atoms with Crippen molar-refractivity contribution in [3.8, 4) is 5.75 Å². The second kappa shape index (κ2) is 8.49. The number of hydrogen-bond acceptors (Lipinski definition) is 7. The van der Waals surface area contributed by atoms with Crippen LogP contribution < -0.4 is 9.64 Å². The highest BCUT2D eigenvalue weighted by molar-refractivity contribution is 5.32.